The van der Waals surface area contributed by atoms with E-state index in [1.807, 2.05) is 0 Å². The topological polar surface area (TPSA) is 119 Å². The van der Waals surface area contributed by atoms with Crippen LogP contribution in [0.5, 0.6) is 11.5 Å². The molecule has 1 fully saturated rings. The van der Waals surface area contributed by atoms with Crippen molar-refractivity contribution in [3.05, 3.63) is 68.6 Å². The molecular formula is C20H16N2O7S2. The molecule has 2 aromatic carbocycles. The predicted molar refractivity (Wildman–Crippen MR) is 118 cm³/mol. The van der Waals surface area contributed by atoms with Crippen LogP contribution < -0.4 is 9.47 Å². The van der Waals surface area contributed by atoms with Gasteiger partial charge in [0.1, 0.15) is 17.5 Å². The van der Waals surface area contributed by atoms with Crippen LogP contribution in [0.2, 0.25) is 0 Å². The first kappa shape index (κ1) is 22.2. The van der Waals surface area contributed by atoms with Gasteiger partial charge in [0.15, 0.2) is 11.5 Å². The Morgan fingerprint density at radius 1 is 1.26 bits per heavy atom. The van der Waals surface area contributed by atoms with E-state index in [2.05, 4.69) is 0 Å². The maximum absolute atomic E-state index is 12.4. The summed E-state index contributed by atoms with van der Waals surface area (Å²) in [5.41, 5.74) is 1.40. The molecule has 160 valence electrons. The van der Waals surface area contributed by atoms with Crippen LogP contribution in [-0.4, -0.2) is 44.8 Å². The van der Waals surface area contributed by atoms with Gasteiger partial charge in [-0.1, -0.05) is 30.0 Å². The van der Waals surface area contributed by atoms with E-state index in [1.165, 1.54) is 19.2 Å². The van der Waals surface area contributed by atoms with Crippen molar-refractivity contribution in [2.45, 2.75) is 6.61 Å². The third-order valence-corrected chi connectivity index (χ3v) is 5.57. The Balaban J connectivity index is 1.73. The molecule has 0 unspecified atom stereocenters. The lowest BCUT2D eigenvalue weighted by atomic mass is 10.1. The lowest BCUT2D eigenvalue weighted by molar-refractivity contribution is -0.384. The van der Waals surface area contributed by atoms with Gasteiger partial charge < -0.3 is 14.6 Å². The Bertz CT molecular complexity index is 1080. The molecule has 0 aliphatic carbocycles. The summed E-state index contributed by atoms with van der Waals surface area (Å²) in [5.74, 6) is -0.725. The van der Waals surface area contributed by atoms with Gasteiger partial charge >= 0.3 is 5.97 Å². The van der Waals surface area contributed by atoms with Crippen molar-refractivity contribution in [2.75, 3.05) is 13.7 Å². The number of aliphatic carboxylic acids is 1. The summed E-state index contributed by atoms with van der Waals surface area (Å²) in [5, 5.41) is 19.6. The molecule has 1 aliphatic heterocycles. The average Bonchev–Trinajstić information content (AvgIpc) is 2.99. The van der Waals surface area contributed by atoms with Crippen molar-refractivity contribution >= 4 is 51.9 Å². The van der Waals surface area contributed by atoms with E-state index in [0.29, 0.717) is 22.0 Å². The standard InChI is InChI=1S/C20H16N2O7S2/c1-28-16-8-13(9-17-19(25)21(10-18(23)24)20(30)31-17)4-7-15(16)29-11-12-2-5-14(6-3-12)22(26)27/h2-9H,10-11H2,1H3,(H,23,24). The smallest absolute Gasteiger partial charge is 0.323 e. The summed E-state index contributed by atoms with van der Waals surface area (Å²) >= 11 is 6.12. The first-order chi connectivity index (χ1) is 14.8. The molecule has 1 amide bonds. The molecule has 0 atom stereocenters. The number of non-ortho nitro benzene ring substituents is 1. The highest BCUT2D eigenvalue weighted by Crippen LogP contribution is 2.35. The van der Waals surface area contributed by atoms with Crippen LogP contribution in [0.15, 0.2) is 47.4 Å². The van der Waals surface area contributed by atoms with Crippen molar-refractivity contribution in [2.24, 2.45) is 0 Å². The normalized spacial score (nSPS) is 14.7. The minimum absolute atomic E-state index is 0.000507. The second-order valence-corrected chi connectivity index (χ2v) is 7.96. The van der Waals surface area contributed by atoms with E-state index in [1.54, 1.807) is 36.4 Å². The molecule has 0 radical (unpaired) electrons. The molecule has 1 N–H and O–H groups in total. The van der Waals surface area contributed by atoms with Gasteiger partial charge in [0.05, 0.1) is 16.9 Å². The zero-order chi connectivity index (χ0) is 22.5. The van der Waals surface area contributed by atoms with E-state index < -0.39 is 23.3 Å². The number of hydrogen-bond acceptors (Lipinski definition) is 8. The molecule has 11 heteroatoms. The van der Waals surface area contributed by atoms with E-state index in [-0.39, 0.29) is 16.6 Å². The number of carbonyl (C=O) groups is 2. The van der Waals surface area contributed by atoms with Gasteiger partial charge in [0.2, 0.25) is 0 Å². The highest BCUT2D eigenvalue weighted by atomic mass is 32.2. The summed E-state index contributed by atoms with van der Waals surface area (Å²) in [7, 11) is 1.48. The Hall–Kier alpha value is -3.44. The second-order valence-electron chi connectivity index (χ2n) is 6.28. The van der Waals surface area contributed by atoms with Gasteiger partial charge in [-0.25, -0.2) is 0 Å². The van der Waals surface area contributed by atoms with Crippen LogP contribution >= 0.6 is 24.0 Å². The molecule has 0 bridgehead atoms. The number of carbonyl (C=O) groups excluding carboxylic acids is 1. The lowest BCUT2D eigenvalue weighted by Gasteiger charge is -2.12. The van der Waals surface area contributed by atoms with E-state index in [4.69, 9.17) is 26.8 Å². The molecule has 31 heavy (non-hydrogen) atoms. The van der Waals surface area contributed by atoms with Crippen LogP contribution in [0.3, 0.4) is 0 Å². The molecule has 9 nitrogen and oxygen atoms in total. The number of ether oxygens (including phenoxy) is 2. The largest absolute Gasteiger partial charge is 0.493 e. The van der Waals surface area contributed by atoms with E-state index in [0.717, 1.165) is 22.2 Å². The van der Waals surface area contributed by atoms with Crippen molar-refractivity contribution in [1.29, 1.82) is 0 Å². The summed E-state index contributed by atoms with van der Waals surface area (Å²) in [6.07, 6.45) is 1.60. The number of thioether (sulfide) groups is 1. The molecule has 2 aromatic rings. The molecule has 1 saturated heterocycles. The number of carboxylic acids is 1. The average molecular weight is 460 g/mol. The fourth-order valence-corrected chi connectivity index (χ4v) is 3.95. The van der Waals surface area contributed by atoms with Gasteiger partial charge in [-0.05, 0) is 41.5 Å². The minimum atomic E-state index is -1.14. The lowest BCUT2D eigenvalue weighted by Crippen LogP contribution is -2.33. The Morgan fingerprint density at radius 3 is 2.58 bits per heavy atom. The number of nitro benzene ring substituents is 1. The Kier molecular flexibility index (Phi) is 6.88. The number of nitro groups is 1. The van der Waals surface area contributed by atoms with Crippen LogP contribution in [0, 0.1) is 10.1 Å². The maximum Gasteiger partial charge on any atom is 0.323 e. The summed E-state index contributed by atoms with van der Waals surface area (Å²) in [6.45, 7) is -0.303. The van der Waals surface area contributed by atoms with Crippen LogP contribution in [0.4, 0.5) is 5.69 Å². The number of amides is 1. The highest BCUT2D eigenvalue weighted by molar-refractivity contribution is 8.26. The van der Waals surface area contributed by atoms with Crippen LogP contribution in [0.25, 0.3) is 6.08 Å². The molecule has 1 heterocycles. The predicted octanol–water partition coefficient (Wildman–Crippen LogP) is 3.47. The quantitative estimate of drug-likeness (QED) is 0.273. The van der Waals surface area contributed by atoms with Gasteiger partial charge in [-0.3, -0.25) is 24.6 Å². The van der Waals surface area contributed by atoms with Gasteiger partial charge in [-0.15, -0.1) is 0 Å². The third-order valence-electron chi connectivity index (χ3n) is 4.19. The first-order valence-electron chi connectivity index (χ1n) is 8.80. The summed E-state index contributed by atoms with van der Waals surface area (Å²) in [6, 6.07) is 11.1. The number of methoxy groups -OCH3 is 1. The Labute approximate surface area is 186 Å². The number of rotatable bonds is 8. The van der Waals surface area contributed by atoms with Gasteiger partial charge in [-0.2, -0.15) is 0 Å². The van der Waals surface area contributed by atoms with Crippen LogP contribution in [0.1, 0.15) is 11.1 Å². The SMILES string of the molecule is COc1cc(C=C2SC(=S)N(CC(=O)O)C2=O)ccc1OCc1ccc([N+](=O)[O-])cc1. The monoisotopic (exact) mass is 460 g/mol. The fourth-order valence-electron chi connectivity index (χ4n) is 2.69. The summed E-state index contributed by atoms with van der Waals surface area (Å²) in [4.78, 5) is 34.9. The maximum atomic E-state index is 12.4. The number of carboxylic acid groups (broad SMARTS) is 1. The fraction of sp³-hybridized carbons (Fsp3) is 0.150. The number of nitrogens with zero attached hydrogens (tertiary/aromatic N) is 2. The van der Waals surface area contributed by atoms with Crippen LogP contribution in [-0.2, 0) is 16.2 Å². The molecule has 0 saturated carbocycles. The van der Waals surface area contributed by atoms with Crippen molar-refractivity contribution in [3.63, 3.8) is 0 Å². The highest BCUT2D eigenvalue weighted by Gasteiger charge is 2.33. The van der Waals surface area contributed by atoms with Gasteiger partial charge in [0.25, 0.3) is 11.6 Å². The molecule has 0 aromatic heterocycles. The Morgan fingerprint density at radius 2 is 1.97 bits per heavy atom. The van der Waals surface area contributed by atoms with Gasteiger partial charge in [0, 0.05) is 12.1 Å². The van der Waals surface area contributed by atoms with Crippen molar-refractivity contribution in [1.82, 2.24) is 4.90 Å². The van der Waals surface area contributed by atoms with E-state index >= 15 is 0 Å². The minimum Gasteiger partial charge on any atom is -0.493 e. The van der Waals surface area contributed by atoms with Crippen molar-refractivity contribution < 1.29 is 29.1 Å². The molecule has 1 aliphatic rings. The number of thiocarbonyl (C=S) groups is 1. The third kappa shape index (κ3) is 5.38. The zero-order valence-corrected chi connectivity index (χ0v) is 17.8. The molecule has 0 spiro atoms. The van der Waals surface area contributed by atoms with E-state index in [9.17, 15) is 19.7 Å². The molecular weight excluding hydrogens is 444 g/mol. The number of benzene rings is 2. The second kappa shape index (κ2) is 9.58. The van der Waals surface area contributed by atoms with Crippen molar-refractivity contribution in [3.8, 4) is 11.5 Å². The summed E-state index contributed by atoms with van der Waals surface area (Å²) < 4.78 is 11.3. The zero-order valence-electron chi connectivity index (χ0n) is 16.1. The number of hydrogen-bond donors (Lipinski definition) is 1. The molecule has 3 rings (SSSR count). The first-order valence-corrected chi connectivity index (χ1v) is 10.0.